The monoisotopic (exact) mass is 241 g/mol. The molecular weight excluding hydrogens is 230 g/mol. The van der Waals surface area contributed by atoms with Gasteiger partial charge in [-0.1, -0.05) is 0 Å². The molecule has 0 radical (unpaired) electrons. The molecule has 7 nitrogen and oxygen atoms in total. The SMILES string of the molecule is Nc1c(N2CC(N)CC2=O)[nH]c(=S)[nH]c1=O. The van der Waals surface area contributed by atoms with Gasteiger partial charge in [0, 0.05) is 19.0 Å². The molecule has 16 heavy (non-hydrogen) atoms. The fourth-order valence-corrected chi connectivity index (χ4v) is 1.84. The minimum absolute atomic E-state index is 0.0592. The summed E-state index contributed by atoms with van der Waals surface area (Å²) in [7, 11) is 0. The van der Waals surface area contributed by atoms with Crippen LogP contribution in [0.5, 0.6) is 0 Å². The molecule has 0 saturated carbocycles. The van der Waals surface area contributed by atoms with Crippen molar-refractivity contribution in [3.05, 3.63) is 15.1 Å². The summed E-state index contributed by atoms with van der Waals surface area (Å²) < 4.78 is 0.127. The molecule has 2 rings (SSSR count). The Morgan fingerprint density at radius 1 is 1.38 bits per heavy atom. The predicted octanol–water partition coefficient (Wildman–Crippen LogP) is -0.921. The predicted molar refractivity (Wildman–Crippen MR) is 61.6 cm³/mol. The highest BCUT2D eigenvalue weighted by atomic mass is 32.1. The quantitative estimate of drug-likeness (QED) is 0.474. The van der Waals surface area contributed by atoms with Gasteiger partial charge >= 0.3 is 0 Å². The van der Waals surface area contributed by atoms with Crippen molar-refractivity contribution in [1.29, 1.82) is 0 Å². The van der Waals surface area contributed by atoms with Crippen LogP contribution in [0.15, 0.2) is 4.79 Å². The molecule has 1 aromatic rings. The van der Waals surface area contributed by atoms with E-state index in [1.165, 1.54) is 4.90 Å². The first-order valence-electron chi connectivity index (χ1n) is 4.67. The van der Waals surface area contributed by atoms with Crippen LogP contribution in [0.2, 0.25) is 0 Å². The normalized spacial score (nSPS) is 20.4. The Labute approximate surface area is 95.4 Å². The summed E-state index contributed by atoms with van der Waals surface area (Å²) in [5.74, 6) is 0.0575. The molecule has 1 aliphatic heterocycles. The lowest BCUT2D eigenvalue weighted by Gasteiger charge is -2.16. The van der Waals surface area contributed by atoms with E-state index in [4.69, 9.17) is 23.7 Å². The third-order valence-corrected chi connectivity index (χ3v) is 2.59. The standard InChI is InChI=1S/C8H11N5O2S/c9-3-1-4(14)13(2-3)6-5(10)7(15)12-8(16)11-6/h3H,1-2,9-10H2,(H2,11,12,15,16). The summed E-state index contributed by atoms with van der Waals surface area (Å²) in [5.41, 5.74) is 10.7. The van der Waals surface area contributed by atoms with Gasteiger partial charge in [-0.2, -0.15) is 0 Å². The first-order valence-corrected chi connectivity index (χ1v) is 5.08. The van der Waals surface area contributed by atoms with Gasteiger partial charge in [0.05, 0.1) is 0 Å². The van der Waals surface area contributed by atoms with Gasteiger partial charge in [0.15, 0.2) is 4.77 Å². The third-order valence-electron chi connectivity index (χ3n) is 2.38. The Bertz CT molecular complexity index is 548. The Balaban J connectivity index is 2.53. The fraction of sp³-hybridized carbons (Fsp3) is 0.375. The van der Waals surface area contributed by atoms with Gasteiger partial charge in [-0.25, -0.2) is 0 Å². The maximum Gasteiger partial charge on any atom is 0.277 e. The van der Waals surface area contributed by atoms with Crippen LogP contribution in [0.4, 0.5) is 11.5 Å². The van der Waals surface area contributed by atoms with Gasteiger partial charge in [0.25, 0.3) is 5.56 Å². The summed E-state index contributed by atoms with van der Waals surface area (Å²) in [6.07, 6.45) is 0.243. The van der Waals surface area contributed by atoms with E-state index in [0.29, 0.717) is 6.54 Å². The van der Waals surface area contributed by atoms with E-state index in [2.05, 4.69) is 9.97 Å². The molecule has 6 N–H and O–H groups in total. The number of carbonyl (C=O) groups excluding carboxylic acids is 1. The summed E-state index contributed by atoms with van der Waals surface area (Å²) >= 11 is 4.81. The smallest absolute Gasteiger partial charge is 0.277 e. The van der Waals surface area contributed by atoms with E-state index in [1.54, 1.807) is 0 Å². The first kappa shape index (κ1) is 10.8. The number of H-pyrrole nitrogens is 2. The van der Waals surface area contributed by atoms with E-state index in [0.717, 1.165) is 0 Å². The van der Waals surface area contributed by atoms with Gasteiger partial charge in [-0.3, -0.25) is 19.5 Å². The van der Waals surface area contributed by atoms with Crippen molar-refractivity contribution in [3.8, 4) is 0 Å². The number of hydrogen-bond acceptors (Lipinski definition) is 5. The van der Waals surface area contributed by atoms with E-state index >= 15 is 0 Å². The molecule has 2 heterocycles. The van der Waals surface area contributed by atoms with E-state index in [9.17, 15) is 9.59 Å². The molecule has 86 valence electrons. The van der Waals surface area contributed by atoms with Gasteiger partial charge in [0.2, 0.25) is 5.91 Å². The molecule has 1 unspecified atom stereocenters. The average Bonchev–Trinajstić information content (AvgIpc) is 2.51. The zero-order valence-corrected chi connectivity index (χ0v) is 9.13. The second kappa shape index (κ2) is 3.72. The van der Waals surface area contributed by atoms with Crippen molar-refractivity contribution >= 4 is 29.6 Å². The van der Waals surface area contributed by atoms with Crippen LogP contribution in [0.3, 0.4) is 0 Å². The largest absolute Gasteiger partial charge is 0.391 e. The molecule has 1 atom stereocenters. The summed E-state index contributed by atoms with van der Waals surface area (Å²) in [4.78, 5) is 29.3. The number of anilines is 2. The molecule has 1 aliphatic rings. The zero-order valence-electron chi connectivity index (χ0n) is 8.32. The molecule has 1 amide bonds. The number of nitrogens with one attached hydrogen (secondary N) is 2. The summed E-state index contributed by atoms with van der Waals surface area (Å²) in [6, 6.07) is -0.242. The van der Waals surface area contributed by atoms with Gasteiger partial charge in [-0.05, 0) is 12.2 Å². The number of amides is 1. The maximum atomic E-state index is 11.6. The number of nitrogens with zero attached hydrogens (tertiary/aromatic N) is 1. The van der Waals surface area contributed by atoms with Crippen LogP contribution in [-0.4, -0.2) is 28.5 Å². The second-order valence-corrected chi connectivity index (χ2v) is 4.05. The van der Waals surface area contributed by atoms with Crippen molar-refractivity contribution in [3.63, 3.8) is 0 Å². The molecule has 0 aromatic carbocycles. The van der Waals surface area contributed by atoms with E-state index in [-0.39, 0.29) is 34.6 Å². The van der Waals surface area contributed by atoms with Gasteiger partial charge in [-0.15, -0.1) is 0 Å². The number of nitrogen functional groups attached to an aromatic ring is 1. The highest BCUT2D eigenvalue weighted by Crippen LogP contribution is 2.21. The lowest BCUT2D eigenvalue weighted by atomic mass is 10.3. The van der Waals surface area contributed by atoms with Gasteiger partial charge in [0.1, 0.15) is 11.5 Å². The van der Waals surface area contributed by atoms with Crippen molar-refractivity contribution < 1.29 is 4.79 Å². The molecular formula is C8H11N5O2S. The van der Waals surface area contributed by atoms with Crippen LogP contribution >= 0.6 is 12.2 Å². The van der Waals surface area contributed by atoms with Crippen LogP contribution in [0.25, 0.3) is 0 Å². The molecule has 1 aromatic heterocycles. The summed E-state index contributed by atoms with van der Waals surface area (Å²) in [6.45, 7) is 0.331. The molecule has 1 fully saturated rings. The molecule has 0 spiro atoms. The lowest BCUT2D eigenvalue weighted by molar-refractivity contribution is -0.117. The number of nitrogens with two attached hydrogens (primary N) is 2. The number of carbonyl (C=O) groups is 1. The average molecular weight is 241 g/mol. The molecule has 1 saturated heterocycles. The Morgan fingerprint density at radius 2 is 2.06 bits per heavy atom. The number of hydrogen-bond donors (Lipinski definition) is 4. The molecule has 0 bridgehead atoms. The van der Waals surface area contributed by atoms with Crippen LogP contribution in [0, 0.1) is 4.77 Å². The second-order valence-electron chi connectivity index (χ2n) is 3.64. The van der Waals surface area contributed by atoms with Gasteiger partial charge < -0.3 is 16.5 Å². The topological polar surface area (TPSA) is 121 Å². The Morgan fingerprint density at radius 3 is 2.62 bits per heavy atom. The molecule has 8 heteroatoms. The van der Waals surface area contributed by atoms with Crippen LogP contribution in [-0.2, 0) is 4.79 Å². The van der Waals surface area contributed by atoms with Crippen molar-refractivity contribution in [2.75, 3.05) is 17.2 Å². The number of aromatic nitrogens is 2. The van der Waals surface area contributed by atoms with Crippen LogP contribution in [0.1, 0.15) is 6.42 Å². The van der Waals surface area contributed by atoms with Crippen molar-refractivity contribution in [2.24, 2.45) is 5.73 Å². The zero-order chi connectivity index (χ0) is 11.9. The Hall–Kier alpha value is -1.67. The van der Waals surface area contributed by atoms with E-state index < -0.39 is 5.56 Å². The van der Waals surface area contributed by atoms with Crippen molar-refractivity contribution in [2.45, 2.75) is 12.5 Å². The Kier molecular flexibility index (Phi) is 2.52. The minimum Gasteiger partial charge on any atom is -0.391 e. The molecule has 0 aliphatic carbocycles. The lowest BCUT2D eigenvalue weighted by Crippen LogP contribution is -2.31. The maximum absolute atomic E-state index is 11.6. The highest BCUT2D eigenvalue weighted by Gasteiger charge is 2.30. The third kappa shape index (κ3) is 1.72. The van der Waals surface area contributed by atoms with E-state index in [1.807, 2.05) is 0 Å². The van der Waals surface area contributed by atoms with Crippen LogP contribution < -0.4 is 21.9 Å². The minimum atomic E-state index is -0.507. The highest BCUT2D eigenvalue weighted by molar-refractivity contribution is 7.71. The number of rotatable bonds is 1. The summed E-state index contributed by atoms with van der Waals surface area (Å²) in [5, 5.41) is 0. The number of aromatic amines is 2. The van der Waals surface area contributed by atoms with Crippen molar-refractivity contribution in [1.82, 2.24) is 9.97 Å². The fourth-order valence-electron chi connectivity index (χ4n) is 1.65. The first-order chi connectivity index (χ1) is 7.49.